The topological polar surface area (TPSA) is 94.9 Å². The van der Waals surface area contributed by atoms with Gasteiger partial charge >= 0.3 is 5.97 Å². The van der Waals surface area contributed by atoms with Crippen LogP contribution in [0.1, 0.15) is 22.7 Å². The van der Waals surface area contributed by atoms with Crippen molar-refractivity contribution in [1.82, 2.24) is 4.90 Å². The van der Waals surface area contributed by atoms with E-state index < -0.39 is 30.2 Å². The molecule has 6 nitrogen and oxygen atoms in total. The Morgan fingerprint density at radius 3 is 2.19 bits per heavy atom. The summed E-state index contributed by atoms with van der Waals surface area (Å²) in [6.45, 7) is 1.21. The Hall–Kier alpha value is -3.12. The zero-order valence-corrected chi connectivity index (χ0v) is 15.1. The maximum Gasteiger partial charge on any atom is 0.323 e. The van der Waals surface area contributed by atoms with Crippen LogP contribution in [0.2, 0.25) is 5.02 Å². The lowest BCUT2D eigenvalue weighted by Crippen LogP contribution is -2.34. The monoisotopic (exact) mass is 385 g/mol. The quantitative estimate of drug-likeness (QED) is 0.479. The number of carbonyl (C=O) groups is 3. The molecule has 1 saturated heterocycles. The molecular weight excluding hydrogens is 370 g/mol. The van der Waals surface area contributed by atoms with Crippen molar-refractivity contribution in [2.24, 2.45) is 0 Å². The fourth-order valence-corrected chi connectivity index (χ4v) is 3.17. The molecule has 0 radical (unpaired) electrons. The van der Waals surface area contributed by atoms with Gasteiger partial charge in [0, 0.05) is 10.6 Å². The van der Waals surface area contributed by atoms with Gasteiger partial charge in [-0.1, -0.05) is 53.6 Å². The molecule has 3 rings (SSSR count). The summed E-state index contributed by atoms with van der Waals surface area (Å²) in [6, 6.07) is 12.1. The number of aliphatic hydroxyl groups is 1. The molecule has 0 bridgehead atoms. The molecule has 1 atom stereocenters. The fraction of sp³-hybridized carbons (Fsp3) is 0.150. The lowest BCUT2D eigenvalue weighted by molar-refractivity contribution is -0.146. The standard InChI is InChI=1S/C20H16ClNO5/c1-11-2-4-13(5-3-11)18(25)16-17(12-6-8-14(21)9-7-12)22(10-15(23)24)20(27)19(16)26/h2-9,17,25H,10H2,1H3,(H,23,24). The number of aliphatic hydroxyl groups excluding tert-OH is 1. The van der Waals surface area contributed by atoms with Gasteiger partial charge in [-0.3, -0.25) is 14.4 Å². The number of ketones is 1. The minimum absolute atomic E-state index is 0.146. The SMILES string of the molecule is Cc1ccc(C(O)=C2C(=O)C(=O)N(CC(=O)O)C2c2ccc(Cl)cc2)cc1. The van der Waals surface area contributed by atoms with Crippen LogP contribution in [0.25, 0.3) is 5.76 Å². The molecule has 1 aliphatic rings. The van der Waals surface area contributed by atoms with E-state index in [1.54, 1.807) is 48.5 Å². The number of halogens is 1. The van der Waals surface area contributed by atoms with E-state index in [4.69, 9.17) is 16.7 Å². The number of amides is 1. The third-order valence-electron chi connectivity index (χ3n) is 4.36. The van der Waals surface area contributed by atoms with Crippen LogP contribution in [0.5, 0.6) is 0 Å². The summed E-state index contributed by atoms with van der Waals surface area (Å²) in [5.41, 5.74) is 1.67. The highest BCUT2D eigenvalue weighted by Gasteiger charge is 2.46. The van der Waals surface area contributed by atoms with Crippen LogP contribution in [0, 0.1) is 6.92 Å². The molecule has 138 valence electrons. The first-order valence-corrected chi connectivity index (χ1v) is 8.50. The van der Waals surface area contributed by atoms with E-state index in [-0.39, 0.29) is 11.3 Å². The number of carboxylic acids is 1. The van der Waals surface area contributed by atoms with E-state index in [9.17, 15) is 19.5 Å². The zero-order chi connectivity index (χ0) is 19.7. The number of benzene rings is 2. The van der Waals surface area contributed by atoms with Crippen molar-refractivity contribution >= 4 is 35.0 Å². The number of likely N-dealkylation sites (tertiary alicyclic amines) is 1. The van der Waals surface area contributed by atoms with Crippen molar-refractivity contribution < 1.29 is 24.6 Å². The van der Waals surface area contributed by atoms with Gasteiger partial charge in [0.15, 0.2) is 0 Å². The Balaban J connectivity index is 2.19. The molecule has 1 fully saturated rings. The second-order valence-electron chi connectivity index (χ2n) is 6.24. The van der Waals surface area contributed by atoms with Crippen LogP contribution in [-0.2, 0) is 14.4 Å². The predicted octanol–water partition coefficient (Wildman–Crippen LogP) is 3.15. The van der Waals surface area contributed by atoms with E-state index in [0.29, 0.717) is 16.1 Å². The number of carbonyl (C=O) groups excluding carboxylic acids is 2. The second kappa shape index (κ2) is 7.25. The minimum Gasteiger partial charge on any atom is -0.507 e. The molecule has 0 aromatic heterocycles. The van der Waals surface area contributed by atoms with E-state index in [2.05, 4.69) is 0 Å². The third kappa shape index (κ3) is 3.57. The van der Waals surface area contributed by atoms with Crippen molar-refractivity contribution in [3.8, 4) is 0 Å². The van der Waals surface area contributed by atoms with Gasteiger partial charge in [0.05, 0.1) is 11.6 Å². The summed E-state index contributed by atoms with van der Waals surface area (Å²) in [5.74, 6) is -3.49. The average Bonchev–Trinajstić information content (AvgIpc) is 2.87. The van der Waals surface area contributed by atoms with Gasteiger partial charge in [0.1, 0.15) is 12.3 Å². The molecule has 2 N–H and O–H groups in total. The van der Waals surface area contributed by atoms with Gasteiger partial charge in [-0.05, 0) is 24.6 Å². The van der Waals surface area contributed by atoms with Gasteiger partial charge in [-0.25, -0.2) is 0 Å². The summed E-state index contributed by atoms with van der Waals surface area (Å²) >= 11 is 5.90. The Morgan fingerprint density at radius 1 is 1.04 bits per heavy atom. The highest BCUT2D eigenvalue weighted by atomic mass is 35.5. The smallest absolute Gasteiger partial charge is 0.323 e. The number of Topliss-reactive ketones (excluding diaryl/α,β-unsaturated/α-hetero) is 1. The average molecular weight is 386 g/mol. The maximum atomic E-state index is 12.6. The maximum absolute atomic E-state index is 12.6. The van der Waals surface area contributed by atoms with Crippen LogP contribution in [0.3, 0.4) is 0 Å². The Bertz CT molecular complexity index is 947. The molecular formula is C20H16ClNO5. The number of aliphatic carboxylic acids is 1. The van der Waals surface area contributed by atoms with E-state index in [0.717, 1.165) is 10.5 Å². The summed E-state index contributed by atoms with van der Waals surface area (Å²) in [4.78, 5) is 37.2. The Morgan fingerprint density at radius 2 is 1.63 bits per heavy atom. The molecule has 1 heterocycles. The van der Waals surface area contributed by atoms with E-state index in [1.807, 2.05) is 6.92 Å². The van der Waals surface area contributed by atoms with Gasteiger partial charge < -0.3 is 15.1 Å². The molecule has 7 heteroatoms. The first-order valence-electron chi connectivity index (χ1n) is 8.12. The first-order chi connectivity index (χ1) is 12.8. The normalized spacial score (nSPS) is 18.7. The van der Waals surface area contributed by atoms with Crippen LogP contribution < -0.4 is 0 Å². The van der Waals surface area contributed by atoms with Crippen LogP contribution in [-0.4, -0.2) is 39.3 Å². The summed E-state index contributed by atoms with van der Waals surface area (Å²) in [6.07, 6.45) is 0. The van der Waals surface area contributed by atoms with Crippen molar-refractivity contribution in [3.05, 3.63) is 75.8 Å². The van der Waals surface area contributed by atoms with E-state index in [1.165, 1.54) is 0 Å². The molecule has 1 unspecified atom stereocenters. The van der Waals surface area contributed by atoms with Crippen molar-refractivity contribution in [2.45, 2.75) is 13.0 Å². The second-order valence-corrected chi connectivity index (χ2v) is 6.67. The lowest BCUT2D eigenvalue weighted by atomic mass is 9.95. The number of nitrogens with zero attached hydrogens (tertiary/aromatic N) is 1. The molecule has 2 aromatic rings. The van der Waals surface area contributed by atoms with Crippen molar-refractivity contribution in [2.75, 3.05) is 6.54 Å². The summed E-state index contributed by atoms with van der Waals surface area (Å²) in [5, 5.41) is 20.3. The largest absolute Gasteiger partial charge is 0.507 e. The number of hydrogen-bond donors (Lipinski definition) is 2. The predicted molar refractivity (Wildman–Crippen MR) is 99.3 cm³/mol. The van der Waals surface area contributed by atoms with E-state index >= 15 is 0 Å². The zero-order valence-electron chi connectivity index (χ0n) is 14.3. The molecule has 1 aliphatic heterocycles. The molecule has 27 heavy (non-hydrogen) atoms. The molecule has 0 saturated carbocycles. The highest BCUT2D eigenvalue weighted by Crippen LogP contribution is 2.39. The summed E-state index contributed by atoms with van der Waals surface area (Å²) < 4.78 is 0. The Kier molecular flexibility index (Phi) is 5.01. The van der Waals surface area contributed by atoms with Crippen molar-refractivity contribution in [3.63, 3.8) is 0 Å². The van der Waals surface area contributed by atoms with Gasteiger partial charge in [-0.2, -0.15) is 0 Å². The first kappa shape index (κ1) is 18.7. The Labute approximate surface area is 160 Å². The van der Waals surface area contributed by atoms with Crippen LogP contribution in [0.4, 0.5) is 0 Å². The molecule has 1 amide bonds. The minimum atomic E-state index is -1.26. The number of aryl methyl sites for hydroxylation is 1. The van der Waals surface area contributed by atoms with Crippen molar-refractivity contribution in [1.29, 1.82) is 0 Å². The summed E-state index contributed by atoms with van der Waals surface area (Å²) in [7, 11) is 0. The van der Waals surface area contributed by atoms with Gasteiger partial charge in [0.25, 0.3) is 11.7 Å². The number of carboxylic acid groups (broad SMARTS) is 1. The highest BCUT2D eigenvalue weighted by molar-refractivity contribution is 6.46. The third-order valence-corrected chi connectivity index (χ3v) is 4.61. The van der Waals surface area contributed by atoms with Crippen LogP contribution >= 0.6 is 11.6 Å². The number of hydrogen-bond acceptors (Lipinski definition) is 4. The van der Waals surface area contributed by atoms with Crippen LogP contribution in [0.15, 0.2) is 54.1 Å². The van der Waals surface area contributed by atoms with Gasteiger partial charge in [-0.15, -0.1) is 0 Å². The number of rotatable bonds is 4. The molecule has 0 spiro atoms. The molecule has 0 aliphatic carbocycles. The van der Waals surface area contributed by atoms with Gasteiger partial charge in [0.2, 0.25) is 0 Å². The lowest BCUT2D eigenvalue weighted by Gasteiger charge is -2.23. The fourth-order valence-electron chi connectivity index (χ4n) is 3.05. The molecule has 2 aromatic carbocycles.